The van der Waals surface area contributed by atoms with E-state index in [4.69, 9.17) is 4.74 Å². The summed E-state index contributed by atoms with van der Waals surface area (Å²) >= 11 is 0. The molecule has 3 N–H and O–H groups in total. The third-order valence-electron chi connectivity index (χ3n) is 8.34. The maximum absolute atomic E-state index is 13.2. The van der Waals surface area contributed by atoms with Crippen molar-refractivity contribution >= 4 is 40.0 Å². The number of piperidine rings is 1. The average molecular weight is 613 g/mol. The van der Waals surface area contributed by atoms with E-state index in [1.54, 1.807) is 24.0 Å². The van der Waals surface area contributed by atoms with Crippen LogP contribution in [0.25, 0.3) is 10.9 Å². The van der Waals surface area contributed by atoms with Crippen LogP contribution in [0.5, 0.6) is 0 Å². The lowest BCUT2D eigenvalue weighted by molar-refractivity contribution is 0.102. The summed E-state index contributed by atoms with van der Waals surface area (Å²) in [7, 11) is 1.61. The summed E-state index contributed by atoms with van der Waals surface area (Å²) in [4.78, 5) is 34.4. The SMILES string of the molecule is CCOCCCN(c1ccnc(NC(=O)c2ccc(C3CCN(C[C@H](C)O)CC3)cc2)c1)c1ccc2c(ccn2C(=O)NC)c1. The molecule has 0 radical (unpaired) electrons. The van der Waals surface area contributed by atoms with Crippen LogP contribution < -0.4 is 15.5 Å². The maximum Gasteiger partial charge on any atom is 0.325 e. The molecule has 238 valence electrons. The molecule has 2 aromatic carbocycles. The van der Waals surface area contributed by atoms with Gasteiger partial charge in [-0.25, -0.2) is 9.78 Å². The van der Waals surface area contributed by atoms with Gasteiger partial charge in [-0.15, -0.1) is 0 Å². The number of likely N-dealkylation sites (tertiary alicyclic amines) is 1. The molecule has 2 amide bonds. The first-order valence-corrected chi connectivity index (χ1v) is 15.8. The van der Waals surface area contributed by atoms with E-state index in [0.29, 0.717) is 43.6 Å². The Kier molecular flexibility index (Phi) is 10.8. The number of carbonyl (C=O) groups is 2. The molecule has 0 saturated carbocycles. The molecule has 10 heteroatoms. The third-order valence-corrected chi connectivity index (χ3v) is 8.34. The number of β-amino-alcohol motifs (C(OH)–C–C–N with tert-alkyl or cyclic N) is 1. The van der Waals surface area contributed by atoms with Gasteiger partial charge >= 0.3 is 6.03 Å². The first-order valence-electron chi connectivity index (χ1n) is 15.8. The van der Waals surface area contributed by atoms with E-state index in [9.17, 15) is 14.7 Å². The molecule has 3 heterocycles. The number of ether oxygens (including phenoxy) is 1. The van der Waals surface area contributed by atoms with E-state index in [1.165, 1.54) is 5.56 Å². The largest absolute Gasteiger partial charge is 0.392 e. The van der Waals surface area contributed by atoms with Crippen LogP contribution in [0, 0.1) is 0 Å². The van der Waals surface area contributed by atoms with Gasteiger partial charge in [-0.3, -0.25) is 9.36 Å². The lowest BCUT2D eigenvalue weighted by Gasteiger charge is -2.32. The van der Waals surface area contributed by atoms with E-state index < -0.39 is 0 Å². The van der Waals surface area contributed by atoms with E-state index in [-0.39, 0.29) is 18.0 Å². The minimum Gasteiger partial charge on any atom is -0.392 e. The van der Waals surface area contributed by atoms with Gasteiger partial charge in [-0.05, 0) is 100 Å². The summed E-state index contributed by atoms with van der Waals surface area (Å²) in [6.45, 7) is 8.46. The number of nitrogens with one attached hydrogen (secondary N) is 2. The molecule has 10 nitrogen and oxygen atoms in total. The number of hydrogen-bond acceptors (Lipinski definition) is 7. The number of hydrogen-bond donors (Lipinski definition) is 3. The molecule has 4 aromatic rings. The number of aliphatic hydroxyl groups is 1. The van der Waals surface area contributed by atoms with Crippen molar-refractivity contribution in [3.05, 3.63) is 84.2 Å². The van der Waals surface area contributed by atoms with Crippen LogP contribution in [0.2, 0.25) is 0 Å². The zero-order valence-corrected chi connectivity index (χ0v) is 26.4. The molecule has 5 rings (SSSR count). The highest BCUT2D eigenvalue weighted by atomic mass is 16.5. The molecule has 1 fully saturated rings. The van der Waals surface area contributed by atoms with Crippen molar-refractivity contribution in [2.75, 3.05) is 56.7 Å². The summed E-state index contributed by atoms with van der Waals surface area (Å²) in [5.74, 6) is 0.715. The van der Waals surface area contributed by atoms with Crippen molar-refractivity contribution in [3.63, 3.8) is 0 Å². The fourth-order valence-corrected chi connectivity index (χ4v) is 6.05. The van der Waals surface area contributed by atoms with Crippen molar-refractivity contribution in [1.29, 1.82) is 0 Å². The molecule has 0 bridgehead atoms. The van der Waals surface area contributed by atoms with E-state index in [2.05, 4.69) is 43.6 Å². The molecule has 0 aliphatic carbocycles. The summed E-state index contributed by atoms with van der Waals surface area (Å²) in [6.07, 6.45) is 6.06. The number of benzene rings is 2. The number of rotatable bonds is 12. The lowest BCUT2D eigenvalue weighted by atomic mass is 9.89. The summed E-state index contributed by atoms with van der Waals surface area (Å²) in [6, 6.07) is 19.4. The van der Waals surface area contributed by atoms with Crippen LogP contribution >= 0.6 is 0 Å². The smallest absolute Gasteiger partial charge is 0.325 e. The second-order valence-corrected chi connectivity index (χ2v) is 11.6. The van der Waals surface area contributed by atoms with Crippen molar-refractivity contribution in [2.24, 2.45) is 0 Å². The number of carbonyl (C=O) groups excluding carboxylic acids is 2. The molecule has 1 aliphatic heterocycles. The Morgan fingerprint density at radius 3 is 2.53 bits per heavy atom. The Balaban J connectivity index is 1.29. The lowest BCUT2D eigenvalue weighted by Crippen LogP contribution is -2.37. The Bertz CT molecular complexity index is 1580. The van der Waals surface area contributed by atoms with Gasteiger partial charge in [0.25, 0.3) is 5.91 Å². The normalized spacial score (nSPS) is 14.8. The second kappa shape index (κ2) is 15.2. The number of anilines is 3. The molecule has 1 saturated heterocycles. The fourth-order valence-electron chi connectivity index (χ4n) is 6.05. The molecule has 0 unspecified atom stereocenters. The van der Waals surface area contributed by atoms with Crippen LogP contribution in [0.15, 0.2) is 73.1 Å². The van der Waals surface area contributed by atoms with Gasteiger partial charge in [0.1, 0.15) is 5.82 Å². The quantitative estimate of drug-likeness (QED) is 0.179. The van der Waals surface area contributed by atoms with Crippen LogP contribution in [-0.4, -0.2) is 84.0 Å². The van der Waals surface area contributed by atoms with Crippen LogP contribution in [0.4, 0.5) is 22.0 Å². The zero-order chi connectivity index (χ0) is 31.8. The number of aromatic nitrogens is 2. The highest BCUT2D eigenvalue weighted by Crippen LogP contribution is 2.31. The zero-order valence-electron chi connectivity index (χ0n) is 26.4. The molecular weight excluding hydrogens is 568 g/mol. The highest BCUT2D eigenvalue weighted by Gasteiger charge is 2.22. The fraction of sp³-hybridized carbons (Fsp3) is 0.400. The minimum absolute atomic E-state index is 0.190. The number of amides is 2. The van der Waals surface area contributed by atoms with Crippen molar-refractivity contribution in [2.45, 2.75) is 45.1 Å². The Labute approximate surface area is 265 Å². The highest BCUT2D eigenvalue weighted by molar-refractivity contribution is 6.04. The van der Waals surface area contributed by atoms with E-state index >= 15 is 0 Å². The first kappa shape index (κ1) is 32.2. The van der Waals surface area contributed by atoms with Crippen molar-refractivity contribution in [3.8, 4) is 0 Å². The molecule has 45 heavy (non-hydrogen) atoms. The first-order chi connectivity index (χ1) is 21.9. The summed E-state index contributed by atoms with van der Waals surface area (Å²) in [5, 5.41) is 16.3. The van der Waals surface area contributed by atoms with Crippen LogP contribution in [0.3, 0.4) is 0 Å². The van der Waals surface area contributed by atoms with Gasteiger partial charge in [-0.1, -0.05) is 12.1 Å². The molecular formula is C35H44N6O4. The Morgan fingerprint density at radius 2 is 1.82 bits per heavy atom. The van der Waals surface area contributed by atoms with Crippen LogP contribution in [-0.2, 0) is 4.74 Å². The molecule has 2 aromatic heterocycles. The third kappa shape index (κ3) is 8.08. The molecule has 1 atom stereocenters. The van der Waals surface area contributed by atoms with E-state index in [1.807, 2.05) is 56.3 Å². The van der Waals surface area contributed by atoms with Gasteiger partial charge in [0, 0.05) is 74.1 Å². The number of aliphatic hydroxyl groups excluding tert-OH is 1. The van der Waals surface area contributed by atoms with Gasteiger partial charge in [0.2, 0.25) is 0 Å². The Hall–Kier alpha value is -4.25. The second-order valence-electron chi connectivity index (χ2n) is 11.6. The van der Waals surface area contributed by atoms with E-state index in [0.717, 1.165) is 54.6 Å². The number of pyridine rings is 1. The predicted octanol–water partition coefficient (Wildman–Crippen LogP) is 5.60. The number of nitrogens with zero attached hydrogens (tertiary/aromatic N) is 4. The van der Waals surface area contributed by atoms with Gasteiger partial charge in [0.05, 0.1) is 11.6 Å². The van der Waals surface area contributed by atoms with Crippen molar-refractivity contribution < 1.29 is 19.4 Å². The van der Waals surface area contributed by atoms with Gasteiger partial charge < -0.3 is 30.3 Å². The predicted molar refractivity (Wildman–Crippen MR) is 179 cm³/mol. The molecule has 0 spiro atoms. The van der Waals surface area contributed by atoms with Gasteiger partial charge in [-0.2, -0.15) is 0 Å². The topological polar surface area (TPSA) is 112 Å². The minimum atomic E-state index is -0.308. The Morgan fingerprint density at radius 1 is 1.07 bits per heavy atom. The van der Waals surface area contributed by atoms with Gasteiger partial charge in [0.15, 0.2) is 0 Å². The monoisotopic (exact) mass is 612 g/mol. The number of fused-ring (bicyclic) bond motifs is 1. The summed E-state index contributed by atoms with van der Waals surface area (Å²) in [5.41, 5.74) is 4.50. The summed E-state index contributed by atoms with van der Waals surface area (Å²) < 4.78 is 7.19. The van der Waals surface area contributed by atoms with Crippen molar-refractivity contribution in [1.82, 2.24) is 19.8 Å². The average Bonchev–Trinajstić information content (AvgIpc) is 3.48. The van der Waals surface area contributed by atoms with Crippen LogP contribution in [0.1, 0.15) is 54.9 Å². The molecule has 1 aliphatic rings. The standard InChI is InChI=1S/C35H44N6O4/c1-4-45-21-5-17-40(30-10-11-32-29(22-30)15-20-41(32)35(44)36-3)31-12-16-37-33(23-31)38-34(43)28-8-6-26(7-9-28)27-13-18-39(19-14-27)24-25(2)42/h6-12,15-16,20,22-23,25,27,42H,4-5,13-14,17-19,21,24H2,1-3H3,(H,36,44)(H,37,38,43)/t25-/m0/s1. The maximum atomic E-state index is 13.2.